The molecule has 2 unspecified atom stereocenters. The molecule has 0 spiro atoms. The van der Waals surface area contributed by atoms with Crippen molar-refractivity contribution in [2.24, 2.45) is 11.1 Å². The van der Waals surface area contributed by atoms with Crippen molar-refractivity contribution in [3.63, 3.8) is 0 Å². The van der Waals surface area contributed by atoms with Crippen LogP contribution in [0.2, 0.25) is 0 Å². The summed E-state index contributed by atoms with van der Waals surface area (Å²) < 4.78 is 24.1. The number of esters is 1. The van der Waals surface area contributed by atoms with Crippen molar-refractivity contribution >= 4 is 30.0 Å². The third-order valence-electron chi connectivity index (χ3n) is 4.87. The van der Waals surface area contributed by atoms with E-state index in [1.54, 1.807) is 0 Å². The highest BCUT2D eigenvalue weighted by atomic mass is 35.5. The Balaban J connectivity index is 0.00000312. The average Bonchev–Trinajstić information content (AvgIpc) is 2.55. The first-order chi connectivity index (χ1) is 11.2. The molecule has 0 saturated heterocycles. The van der Waals surface area contributed by atoms with Crippen molar-refractivity contribution in [2.75, 3.05) is 19.0 Å². The molecule has 1 aromatic rings. The smallest absolute Gasteiger partial charge is 0.337 e. The summed E-state index contributed by atoms with van der Waals surface area (Å²) in [6.45, 7) is 6.09. The van der Waals surface area contributed by atoms with E-state index in [2.05, 4.69) is 10.1 Å². The lowest BCUT2D eigenvalue weighted by atomic mass is 9.54. The highest BCUT2D eigenvalue weighted by Gasteiger charge is 2.62. The molecule has 140 valence electrons. The first-order valence-electron chi connectivity index (χ1n) is 7.77. The van der Waals surface area contributed by atoms with Crippen LogP contribution in [0.25, 0.3) is 0 Å². The summed E-state index contributed by atoms with van der Waals surface area (Å²) in [7, 11) is 1.23. The zero-order valence-electron chi connectivity index (χ0n) is 14.7. The van der Waals surface area contributed by atoms with Gasteiger partial charge in [0.25, 0.3) is 0 Å². The second kappa shape index (κ2) is 7.68. The molecule has 0 heterocycles. The summed E-state index contributed by atoms with van der Waals surface area (Å²) in [5.74, 6) is -1.78. The molecule has 0 aliphatic heterocycles. The quantitative estimate of drug-likeness (QED) is 0.773. The van der Waals surface area contributed by atoms with Crippen molar-refractivity contribution < 1.29 is 23.5 Å². The second-order valence-corrected chi connectivity index (χ2v) is 6.48. The molecular weight excluding hydrogens is 351 g/mol. The van der Waals surface area contributed by atoms with E-state index in [0.29, 0.717) is 13.0 Å². The van der Waals surface area contributed by atoms with Crippen molar-refractivity contribution in [1.82, 2.24) is 0 Å². The van der Waals surface area contributed by atoms with Gasteiger partial charge in [0.05, 0.1) is 24.5 Å². The van der Waals surface area contributed by atoms with E-state index < -0.39 is 28.6 Å². The van der Waals surface area contributed by atoms with E-state index >= 15 is 0 Å². The number of nitrogens with two attached hydrogens (primary N) is 1. The topological polar surface area (TPSA) is 90.6 Å². The SMILES string of the molecule is CCOC1CC(N)(C(=O)Nc2cc(C(=O)OC)ccc2F)C1(C)C.Cl. The normalized spacial score (nSPS) is 23.8. The molecule has 2 atom stereocenters. The van der Waals surface area contributed by atoms with E-state index in [1.807, 2.05) is 20.8 Å². The van der Waals surface area contributed by atoms with Gasteiger partial charge in [-0.1, -0.05) is 13.8 Å². The maximum absolute atomic E-state index is 14.0. The number of anilines is 1. The Bertz CT molecular complexity index is 668. The minimum atomic E-state index is -1.18. The number of benzene rings is 1. The molecule has 3 N–H and O–H groups in total. The maximum Gasteiger partial charge on any atom is 0.337 e. The van der Waals surface area contributed by atoms with Crippen molar-refractivity contribution in [3.8, 4) is 0 Å². The van der Waals surface area contributed by atoms with Gasteiger partial charge in [0.15, 0.2) is 0 Å². The Kier molecular flexibility index (Phi) is 6.55. The lowest BCUT2D eigenvalue weighted by Crippen LogP contribution is -2.74. The van der Waals surface area contributed by atoms with Crippen molar-refractivity contribution in [3.05, 3.63) is 29.6 Å². The Morgan fingerprint density at radius 3 is 2.56 bits per heavy atom. The van der Waals surface area contributed by atoms with Crippen LogP contribution in [0, 0.1) is 11.2 Å². The molecule has 25 heavy (non-hydrogen) atoms. The second-order valence-electron chi connectivity index (χ2n) is 6.48. The van der Waals surface area contributed by atoms with Crippen LogP contribution in [0.5, 0.6) is 0 Å². The number of rotatable bonds is 5. The molecular formula is C17H24ClFN2O4. The number of hydrogen-bond donors (Lipinski definition) is 2. The Morgan fingerprint density at radius 2 is 2.04 bits per heavy atom. The van der Waals surface area contributed by atoms with Gasteiger partial charge in [-0.05, 0) is 25.1 Å². The van der Waals surface area contributed by atoms with Gasteiger partial charge in [-0.25, -0.2) is 9.18 Å². The molecule has 0 radical (unpaired) electrons. The van der Waals surface area contributed by atoms with Crippen LogP contribution in [0.15, 0.2) is 18.2 Å². The average molecular weight is 375 g/mol. The predicted octanol–water partition coefficient (Wildman–Crippen LogP) is 2.51. The van der Waals surface area contributed by atoms with Crippen LogP contribution >= 0.6 is 12.4 Å². The molecule has 1 aromatic carbocycles. The van der Waals surface area contributed by atoms with E-state index in [0.717, 1.165) is 6.07 Å². The van der Waals surface area contributed by atoms with Gasteiger partial charge in [-0.3, -0.25) is 4.79 Å². The van der Waals surface area contributed by atoms with Crippen LogP contribution in [-0.4, -0.2) is 37.2 Å². The third-order valence-corrected chi connectivity index (χ3v) is 4.87. The molecule has 2 rings (SSSR count). The minimum Gasteiger partial charge on any atom is -0.465 e. The number of carbonyl (C=O) groups excluding carboxylic acids is 2. The molecule has 1 aliphatic rings. The van der Waals surface area contributed by atoms with Crippen LogP contribution < -0.4 is 11.1 Å². The van der Waals surface area contributed by atoms with Gasteiger partial charge in [0, 0.05) is 18.4 Å². The van der Waals surface area contributed by atoms with Gasteiger partial charge in [-0.15, -0.1) is 12.4 Å². The molecule has 6 nitrogen and oxygen atoms in total. The van der Waals surface area contributed by atoms with Gasteiger partial charge < -0.3 is 20.5 Å². The summed E-state index contributed by atoms with van der Waals surface area (Å²) in [5.41, 5.74) is 4.52. The largest absolute Gasteiger partial charge is 0.465 e. The molecule has 1 saturated carbocycles. The molecule has 1 aliphatic carbocycles. The summed E-state index contributed by atoms with van der Waals surface area (Å²) in [4.78, 5) is 24.2. The number of ether oxygens (including phenoxy) is 2. The number of methoxy groups -OCH3 is 1. The fourth-order valence-electron chi connectivity index (χ4n) is 2.92. The Hall–Kier alpha value is -1.70. The molecule has 1 fully saturated rings. The van der Waals surface area contributed by atoms with Crippen LogP contribution in [0.4, 0.5) is 10.1 Å². The Morgan fingerprint density at radius 1 is 1.40 bits per heavy atom. The van der Waals surface area contributed by atoms with E-state index in [4.69, 9.17) is 10.5 Å². The fraction of sp³-hybridized carbons (Fsp3) is 0.529. The van der Waals surface area contributed by atoms with Gasteiger partial charge in [-0.2, -0.15) is 0 Å². The number of nitrogens with one attached hydrogen (secondary N) is 1. The Labute approximate surface area is 152 Å². The first-order valence-corrected chi connectivity index (χ1v) is 7.77. The zero-order chi connectivity index (χ0) is 18.1. The zero-order valence-corrected chi connectivity index (χ0v) is 15.5. The molecule has 1 amide bonds. The van der Waals surface area contributed by atoms with E-state index in [1.165, 1.54) is 19.2 Å². The van der Waals surface area contributed by atoms with Crippen molar-refractivity contribution in [1.29, 1.82) is 0 Å². The first kappa shape index (κ1) is 21.3. The summed E-state index contributed by atoms with van der Waals surface area (Å²) in [6.07, 6.45) is 0.211. The van der Waals surface area contributed by atoms with Crippen molar-refractivity contribution in [2.45, 2.75) is 38.8 Å². The van der Waals surface area contributed by atoms with Crippen LogP contribution in [0.1, 0.15) is 37.6 Å². The fourth-order valence-corrected chi connectivity index (χ4v) is 2.92. The summed E-state index contributed by atoms with van der Waals surface area (Å²) in [6, 6.07) is 3.61. The highest BCUT2D eigenvalue weighted by molar-refractivity contribution is 6.01. The van der Waals surface area contributed by atoms with E-state index in [-0.39, 0.29) is 29.8 Å². The number of halogens is 2. The lowest BCUT2D eigenvalue weighted by molar-refractivity contribution is -0.166. The number of carbonyl (C=O) groups is 2. The maximum atomic E-state index is 14.0. The van der Waals surface area contributed by atoms with Gasteiger partial charge in [0.1, 0.15) is 11.4 Å². The minimum absolute atomic E-state index is 0. The monoisotopic (exact) mass is 374 g/mol. The molecule has 8 heteroatoms. The highest BCUT2D eigenvalue weighted by Crippen LogP contribution is 2.50. The standard InChI is InChI=1S/C17H23FN2O4.ClH/c1-5-24-13-9-17(19,16(13,2)3)15(22)20-12-8-10(14(21)23-4)6-7-11(12)18;/h6-8,13H,5,9,19H2,1-4H3,(H,20,22);1H. The van der Waals surface area contributed by atoms with Gasteiger partial charge in [0.2, 0.25) is 5.91 Å². The number of amides is 1. The molecule has 0 bridgehead atoms. The van der Waals surface area contributed by atoms with Crippen LogP contribution in [0.3, 0.4) is 0 Å². The van der Waals surface area contributed by atoms with E-state index in [9.17, 15) is 14.0 Å². The summed E-state index contributed by atoms with van der Waals surface area (Å²) in [5, 5.41) is 2.49. The van der Waals surface area contributed by atoms with Gasteiger partial charge >= 0.3 is 5.97 Å². The lowest BCUT2D eigenvalue weighted by Gasteiger charge is -2.57. The third kappa shape index (κ3) is 3.63. The predicted molar refractivity (Wildman–Crippen MR) is 94.3 cm³/mol. The summed E-state index contributed by atoms with van der Waals surface area (Å²) >= 11 is 0. The number of hydrogen-bond acceptors (Lipinski definition) is 5. The van der Waals surface area contributed by atoms with Crippen LogP contribution in [-0.2, 0) is 14.3 Å². The molecule has 0 aromatic heterocycles.